The second kappa shape index (κ2) is 8.11. The van der Waals surface area contributed by atoms with E-state index in [4.69, 9.17) is 14.2 Å². The van der Waals surface area contributed by atoms with Gasteiger partial charge in [0.25, 0.3) is 0 Å². The number of esters is 1. The molecule has 6 nitrogen and oxygen atoms in total. The largest absolute Gasteiger partial charge is 0.461 e. The number of rotatable bonds is 3. The van der Waals surface area contributed by atoms with E-state index in [1.807, 2.05) is 58.0 Å². The molecular formula is C22H31NO5. The van der Waals surface area contributed by atoms with Crippen molar-refractivity contribution >= 4 is 12.1 Å². The molecule has 0 aromatic heterocycles. The molecule has 154 valence electrons. The third-order valence-corrected chi connectivity index (χ3v) is 5.65. The van der Waals surface area contributed by atoms with Gasteiger partial charge in [0.1, 0.15) is 12.2 Å². The standard InChI is InChI=1S/C22H31NO5/c1-16-18(19(24)26-14-17-8-6-5-7-9-17)22(15-27-16)10-12-23(13-11-22)20(25)28-21(2,3)4/h5-9,16,18H,10-15H2,1-4H3/t16-,18?/m0/s1. The number of likely N-dealkylation sites (tertiary alicyclic amines) is 1. The summed E-state index contributed by atoms with van der Waals surface area (Å²) in [5.74, 6) is -0.517. The minimum absolute atomic E-state index is 0.184. The monoisotopic (exact) mass is 389 g/mol. The van der Waals surface area contributed by atoms with Gasteiger partial charge in [-0.2, -0.15) is 0 Å². The van der Waals surface area contributed by atoms with E-state index in [1.165, 1.54) is 0 Å². The van der Waals surface area contributed by atoms with Gasteiger partial charge in [-0.3, -0.25) is 4.79 Å². The number of nitrogens with zero attached hydrogens (tertiary/aromatic N) is 1. The van der Waals surface area contributed by atoms with Gasteiger partial charge in [0.15, 0.2) is 0 Å². The molecule has 2 aliphatic rings. The maximum absolute atomic E-state index is 12.9. The smallest absolute Gasteiger partial charge is 0.410 e. The number of carbonyl (C=O) groups is 2. The van der Waals surface area contributed by atoms with Crippen LogP contribution in [0, 0.1) is 11.3 Å². The minimum atomic E-state index is -0.513. The van der Waals surface area contributed by atoms with E-state index >= 15 is 0 Å². The summed E-state index contributed by atoms with van der Waals surface area (Å²) in [6.07, 6.45) is 0.942. The molecule has 1 spiro atoms. The molecule has 2 saturated heterocycles. The predicted octanol–water partition coefficient (Wildman–Crippen LogP) is 3.78. The fourth-order valence-corrected chi connectivity index (χ4v) is 4.16. The van der Waals surface area contributed by atoms with E-state index in [0.29, 0.717) is 32.5 Å². The van der Waals surface area contributed by atoms with Crippen LogP contribution in [0.2, 0.25) is 0 Å². The Morgan fingerprint density at radius 1 is 1.18 bits per heavy atom. The van der Waals surface area contributed by atoms with Gasteiger partial charge in [0.2, 0.25) is 0 Å². The molecule has 2 aliphatic heterocycles. The zero-order chi connectivity index (χ0) is 20.4. The molecule has 0 aliphatic carbocycles. The summed E-state index contributed by atoms with van der Waals surface area (Å²) >= 11 is 0. The topological polar surface area (TPSA) is 65.1 Å². The third kappa shape index (κ3) is 4.66. The third-order valence-electron chi connectivity index (χ3n) is 5.65. The average molecular weight is 389 g/mol. The highest BCUT2D eigenvalue weighted by molar-refractivity contribution is 5.75. The van der Waals surface area contributed by atoms with E-state index in [9.17, 15) is 9.59 Å². The first-order chi connectivity index (χ1) is 13.2. The van der Waals surface area contributed by atoms with Gasteiger partial charge in [0.05, 0.1) is 18.6 Å². The van der Waals surface area contributed by atoms with Crippen LogP contribution in [-0.2, 0) is 25.6 Å². The van der Waals surface area contributed by atoms with Crippen molar-refractivity contribution in [3.8, 4) is 0 Å². The maximum Gasteiger partial charge on any atom is 0.410 e. The molecule has 0 saturated carbocycles. The number of hydrogen-bond donors (Lipinski definition) is 0. The van der Waals surface area contributed by atoms with E-state index < -0.39 is 5.60 Å². The van der Waals surface area contributed by atoms with Crippen LogP contribution in [0.15, 0.2) is 30.3 Å². The highest BCUT2D eigenvalue weighted by atomic mass is 16.6. The Hall–Kier alpha value is -2.08. The molecule has 0 radical (unpaired) electrons. The van der Waals surface area contributed by atoms with E-state index in [0.717, 1.165) is 5.56 Å². The van der Waals surface area contributed by atoms with Gasteiger partial charge in [0, 0.05) is 18.5 Å². The van der Waals surface area contributed by atoms with Crippen molar-refractivity contribution in [2.45, 2.75) is 58.8 Å². The van der Waals surface area contributed by atoms with Gasteiger partial charge in [-0.1, -0.05) is 30.3 Å². The molecule has 1 aromatic rings. The molecule has 3 rings (SSSR count). The van der Waals surface area contributed by atoms with Gasteiger partial charge in [-0.15, -0.1) is 0 Å². The van der Waals surface area contributed by atoms with Crippen LogP contribution < -0.4 is 0 Å². The molecular weight excluding hydrogens is 358 g/mol. The van der Waals surface area contributed by atoms with Crippen LogP contribution in [-0.4, -0.2) is 48.4 Å². The minimum Gasteiger partial charge on any atom is -0.461 e. The Morgan fingerprint density at radius 3 is 2.43 bits per heavy atom. The molecule has 28 heavy (non-hydrogen) atoms. The van der Waals surface area contributed by atoms with Gasteiger partial charge in [-0.05, 0) is 46.1 Å². The number of benzene rings is 1. The van der Waals surface area contributed by atoms with E-state index in [1.54, 1.807) is 4.90 Å². The number of hydrogen-bond acceptors (Lipinski definition) is 5. The first kappa shape index (κ1) is 20.6. The molecule has 6 heteroatoms. The Balaban J connectivity index is 1.61. The van der Waals surface area contributed by atoms with E-state index in [-0.39, 0.29) is 36.1 Å². The Labute approximate surface area is 167 Å². The summed E-state index contributed by atoms with van der Waals surface area (Å²) in [6, 6.07) is 9.68. The number of amides is 1. The van der Waals surface area contributed by atoms with Crippen LogP contribution >= 0.6 is 0 Å². The lowest BCUT2D eigenvalue weighted by Gasteiger charge is -2.41. The zero-order valence-electron chi connectivity index (χ0n) is 17.3. The number of carbonyl (C=O) groups excluding carboxylic acids is 2. The summed E-state index contributed by atoms with van der Waals surface area (Å²) in [5.41, 5.74) is 0.184. The Morgan fingerprint density at radius 2 is 1.82 bits per heavy atom. The fourth-order valence-electron chi connectivity index (χ4n) is 4.16. The van der Waals surface area contributed by atoms with Crippen LogP contribution in [0.3, 0.4) is 0 Å². The predicted molar refractivity (Wildman–Crippen MR) is 105 cm³/mol. The lowest BCUT2D eigenvalue weighted by atomic mass is 9.69. The molecule has 2 heterocycles. The summed E-state index contributed by atoms with van der Waals surface area (Å²) in [5, 5.41) is 0. The Kier molecular flexibility index (Phi) is 5.98. The van der Waals surface area contributed by atoms with Crippen molar-refractivity contribution in [3.63, 3.8) is 0 Å². The van der Waals surface area contributed by atoms with Crippen LogP contribution in [0.25, 0.3) is 0 Å². The lowest BCUT2D eigenvalue weighted by Crippen LogP contribution is -2.49. The van der Waals surface area contributed by atoms with Gasteiger partial charge in [-0.25, -0.2) is 4.79 Å². The Bertz CT molecular complexity index is 689. The maximum atomic E-state index is 12.9. The first-order valence-electron chi connectivity index (χ1n) is 10.0. The molecule has 0 N–H and O–H groups in total. The number of piperidine rings is 1. The van der Waals surface area contributed by atoms with Gasteiger partial charge < -0.3 is 19.1 Å². The van der Waals surface area contributed by atoms with Crippen molar-refractivity contribution in [2.24, 2.45) is 11.3 Å². The summed E-state index contributed by atoms with van der Waals surface area (Å²) < 4.78 is 17.0. The lowest BCUT2D eigenvalue weighted by molar-refractivity contribution is -0.155. The van der Waals surface area contributed by atoms with Crippen LogP contribution in [0.5, 0.6) is 0 Å². The quantitative estimate of drug-likeness (QED) is 0.736. The first-order valence-corrected chi connectivity index (χ1v) is 10.0. The van der Waals surface area contributed by atoms with Gasteiger partial charge >= 0.3 is 12.1 Å². The van der Waals surface area contributed by atoms with Crippen molar-refractivity contribution < 1.29 is 23.8 Å². The number of ether oxygens (including phenoxy) is 3. The second-order valence-electron chi connectivity index (χ2n) is 8.92. The van der Waals surface area contributed by atoms with Crippen LogP contribution in [0.1, 0.15) is 46.1 Å². The summed E-state index contributed by atoms with van der Waals surface area (Å²) in [7, 11) is 0. The van der Waals surface area contributed by atoms with Crippen molar-refractivity contribution in [1.29, 1.82) is 0 Å². The highest BCUT2D eigenvalue weighted by Crippen LogP contribution is 2.47. The molecule has 0 bridgehead atoms. The summed E-state index contributed by atoms with van der Waals surface area (Å²) in [4.78, 5) is 27.0. The van der Waals surface area contributed by atoms with Crippen molar-refractivity contribution in [1.82, 2.24) is 4.90 Å². The van der Waals surface area contributed by atoms with Crippen molar-refractivity contribution in [3.05, 3.63) is 35.9 Å². The summed E-state index contributed by atoms with van der Waals surface area (Å²) in [6.45, 7) is 9.44. The molecule has 2 atom stereocenters. The SMILES string of the molecule is C[C@@H]1OCC2(CCN(C(=O)OC(C)(C)C)CC2)C1C(=O)OCc1ccccc1. The second-order valence-corrected chi connectivity index (χ2v) is 8.92. The molecule has 1 unspecified atom stereocenters. The van der Waals surface area contributed by atoms with Crippen molar-refractivity contribution in [2.75, 3.05) is 19.7 Å². The van der Waals surface area contributed by atoms with E-state index in [2.05, 4.69) is 0 Å². The molecule has 2 fully saturated rings. The molecule has 1 aromatic carbocycles. The zero-order valence-corrected chi connectivity index (χ0v) is 17.3. The molecule has 1 amide bonds. The normalized spacial score (nSPS) is 24.2. The highest BCUT2D eigenvalue weighted by Gasteiger charge is 2.54. The fraction of sp³-hybridized carbons (Fsp3) is 0.636. The van der Waals surface area contributed by atoms with Crippen LogP contribution in [0.4, 0.5) is 4.79 Å². The average Bonchev–Trinajstić information content (AvgIpc) is 2.95.